The molecule has 0 bridgehead atoms. The minimum Gasteiger partial charge on any atom is -0.0654 e. The van der Waals surface area contributed by atoms with Crippen molar-refractivity contribution < 1.29 is 0 Å². The van der Waals surface area contributed by atoms with E-state index in [4.69, 9.17) is 0 Å². The fourth-order valence-electron chi connectivity index (χ4n) is 1.80. The van der Waals surface area contributed by atoms with Gasteiger partial charge in [0.05, 0.1) is 0 Å². The highest BCUT2D eigenvalue weighted by atomic mass is 127. The van der Waals surface area contributed by atoms with Crippen LogP contribution in [0.1, 0.15) is 51.0 Å². The van der Waals surface area contributed by atoms with Crippen LogP contribution in [0.4, 0.5) is 0 Å². The summed E-state index contributed by atoms with van der Waals surface area (Å²) in [6.45, 7) is 2.27. The first-order valence-electron chi connectivity index (χ1n) is 6.07. The lowest BCUT2D eigenvalue weighted by Gasteiger charge is -2.02. The van der Waals surface area contributed by atoms with E-state index in [1.165, 1.54) is 54.1 Å². The van der Waals surface area contributed by atoms with E-state index in [-0.39, 0.29) is 0 Å². The second-order valence-electron chi connectivity index (χ2n) is 4.15. The van der Waals surface area contributed by atoms with Crippen molar-refractivity contribution in [1.29, 1.82) is 0 Å². The normalized spacial score (nSPS) is 10.5. The molecule has 0 saturated heterocycles. The molecule has 1 aromatic carbocycles. The Balaban J connectivity index is 2.10. The van der Waals surface area contributed by atoms with E-state index < -0.39 is 0 Å². The molecule has 0 aliphatic carbocycles. The first kappa shape index (κ1) is 13.0. The third-order valence-electron chi connectivity index (χ3n) is 2.71. The van der Waals surface area contributed by atoms with Crippen molar-refractivity contribution in [3.63, 3.8) is 0 Å². The molecule has 0 aromatic heterocycles. The third-order valence-corrected chi connectivity index (χ3v) is 3.38. The molecular formula is C14H21I. The van der Waals surface area contributed by atoms with Crippen LogP contribution in [0, 0.1) is 3.57 Å². The molecular weight excluding hydrogens is 295 g/mol. The lowest BCUT2D eigenvalue weighted by Crippen LogP contribution is -1.86. The first-order chi connectivity index (χ1) is 7.33. The van der Waals surface area contributed by atoms with Gasteiger partial charge in [0.15, 0.2) is 0 Å². The first-order valence-corrected chi connectivity index (χ1v) is 7.15. The molecule has 0 amide bonds. The summed E-state index contributed by atoms with van der Waals surface area (Å²) < 4.78 is 1.36. The van der Waals surface area contributed by atoms with Crippen molar-refractivity contribution >= 4 is 22.6 Å². The maximum atomic E-state index is 2.38. The van der Waals surface area contributed by atoms with E-state index in [2.05, 4.69) is 53.8 Å². The number of hydrogen-bond acceptors (Lipinski definition) is 0. The zero-order valence-corrected chi connectivity index (χ0v) is 11.8. The summed E-state index contributed by atoms with van der Waals surface area (Å²) in [4.78, 5) is 0. The third kappa shape index (κ3) is 6.18. The molecule has 1 aromatic rings. The van der Waals surface area contributed by atoms with E-state index >= 15 is 0 Å². The van der Waals surface area contributed by atoms with Crippen molar-refractivity contribution in [3.05, 3.63) is 33.4 Å². The number of rotatable bonds is 7. The zero-order valence-electron chi connectivity index (χ0n) is 9.64. The van der Waals surface area contributed by atoms with E-state index in [0.29, 0.717) is 0 Å². The summed E-state index contributed by atoms with van der Waals surface area (Å²) in [5, 5.41) is 0. The Labute approximate surface area is 108 Å². The lowest BCUT2D eigenvalue weighted by molar-refractivity contribution is 0.607. The van der Waals surface area contributed by atoms with Crippen LogP contribution in [0.25, 0.3) is 0 Å². The number of hydrogen-bond donors (Lipinski definition) is 0. The quantitative estimate of drug-likeness (QED) is 0.479. The van der Waals surface area contributed by atoms with Crippen LogP contribution in [0.3, 0.4) is 0 Å². The van der Waals surface area contributed by atoms with Crippen LogP contribution in [0.2, 0.25) is 0 Å². The van der Waals surface area contributed by atoms with Crippen molar-refractivity contribution in [2.45, 2.75) is 51.9 Å². The Morgan fingerprint density at radius 1 is 1.00 bits per heavy atom. The molecule has 0 spiro atoms. The van der Waals surface area contributed by atoms with Gasteiger partial charge in [-0.1, -0.05) is 51.2 Å². The number of benzene rings is 1. The number of aryl methyl sites for hydroxylation is 1. The highest BCUT2D eigenvalue weighted by Gasteiger charge is 1.94. The van der Waals surface area contributed by atoms with Gasteiger partial charge in [0, 0.05) is 3.57 Å². The molecule has 0 aliphatic heterocycles. The topological polar surface area (TPSA) is 0 Å². The smallest absolute Gasteiger partial charge is 0.0133 e. The molecule has 1 rings (SSSR count). The monoisotopic (exact) mass is 316 g/mol. The molecule has 0 heterocycles. The molecule has 0 unspecified atom stereocenters. The van der Waals surface area contributed by atoms with Crippen LogP contribution >= 0.6 is 22.6 Å². The van der Waals surface area contributed by atoms with E-state index in [1.54, 1.807) is 0 Å². The van der Waals surface area contributed by atoms with Crippen LogP contribution in [0.5, 0.6) is 0 Å². The maximum Gasteiger partial charge on any atom is 0.0133 e. The summed E-state index contributed by atoms with van der Waals surface area (Å²) in [5.41, 5.74) is 1.50. The van der Waals surface area contributed by atoms with E-state index in [1.807, 2.05) is 0 Å². The Morgan fingerprint density at radius 3 is 2.47 bits per heavy atom. The Hall–Kier alpha value is -0.0500. The second kappa shape index (κ2) is 8.14. The molecule has 0 fully saturated rings. The predicted octanol–water partition coefficient (Wildman–Crippen LogP) is 5.19. The molecule has 0 aliphatic rings. The Bertz CT molecular complexity index is 268. The van der Waals surface area contributed by atoms with Crippen molar-refractivity contribution in [1.82, 2.24) is 0 Å². The average Bonchev–Trinajstić information content (AvgIpc) is 2.23. The van der Waals surface area contributed by atoms with Gasteiger partial charge < -0.3 is 0 Å². The Kier molecular flexibility index (Phi) is 7.07. The van der Waals surface area contributed by atoms with Gasteiger partial charge in [-0.3, -0.25) is 0 Å². The molecule has 0 atom stereocenters. The molecule has 15 heavy (non-hydrogen) atoms. The summed E-state index contributed by atoms with van der Waals surface area (Å²) in [6.07, 6.45) is 9.58. The average molecular weight is 316 g/mol. The molecule has 1 heteroatoms. The van der Waals surface area contributed by atoms with Crippen molar-refractivity contribution in [2.75, 3.05) is 0 Å². The van der Waals surface area contributed by atoms with E-state index in [9.17, 15) is 0 Å². The highest BCUT2D eigenvalue weighted by Crippen LogP contribution is 2.12. The van der Waals surface area contributed by atoms with Crippen molar-refractivity contribution in [2.24, 2.45) is 0 Å². The number of halogens is 1. The van der Waals surface area contributed by atoms with Crippen molar-refractivity contribution in [3.8, 4) is 0 Å². The van der Waals surface area contributed by atoms with Gasteiger partial charge >= 0.3 is 0 Å². The Morgan fingerprint density at radius 2 is 1.73 bits per heavy atom. The van der Waals surface area contributed by atoms with Gasteiger partial charge in [0.25, 0.3) is 0 Å². The van der Waals surface area contributed by atoms with Crippen LogP contribution in [-0.2, 0) is 6.42 Å². The van der Waals surface area contributed by atoms with E-state index in [0.717, 1.165) is 0 Å². The minimum atomic E-state index is 1.25. The van der Waals surface area contributed by atoms with Crippen LogP contribution < -0.4 is 0 Å². The maximum absolute atomic E-state index is 2.38. The zero-order chi connectivity index (χ0) is 10.9. The molecule has 0 nitrogen and oxygen atoms in total. The second-order valence-corrected chi connectivity index (χ2v) is 5.39. The van der Waals surface area contributed by atoms with Gasteiger partial charge in [0.2, 0.25) is 0 Å². The molecule has 0 radical (unpaired) electrons. The fraction of sp³-hybridized carbons (Fsp3) is 0.571. The van der Waals surface area contributed by atoms with Gasteiger partial charge in [-0.15, -0.1) is 0 Å². The van der Waals surface area contributed by atoms with Gasteiger partial charge in [0.1, 0.15) is 0 Å². The highest BCUT2D eigenvalue weighted by molar-refractivity contribution is 14.1. The molecule has 84 valence electrons. The predicted molar refractivity (Wildman–Crippen MR) is 76.2 cm³/mol. The minimum absolute atomic E-state index is 1.25. The molecule has 0 N–H and O–H groups in total. The largest absolute Gasteiger partial charge is 0.0654 e. The summed E-state index contributed by atoms with van der Waals surface area (Å²) in [6, 6.07) is 8.86. The van der Waals surface area contributed by atoms with Crippen LogP contribution in [0.15, 0.2) is 24.3 Å². The lowest BCUT2D eigenvalue weighted by atomic mass is 10.1. The van der Waals surface area contributed by atoms with Gasteiger partial charge in [-0.05, 0) is 53.1 Å². The van der Waals surface area contributed by atoms with Gasteiger partial charge in [-0.25, -0.2) is 0 Å². The SMILES string of the molecule is CCCCCCCCc1cccc(I)c1. The summed E-state index contributed by atoms with van der Waals surface area (Å²) >= 11 is 2.38. The summed E-state index contributed by atoms with van der Waals surface area (Å²) in [7, 11) is 0. The van der Waals surface area contributed by atoms with Gasteiger partial charge in [-0.2, -0.15) is 0 Å². The number of unbranched alkanes of at least 4 members (excludes halogenated alkanes) is 5. The molecule has 0 saturated carbocycles. The summed E-state index contributed by atoms with van der Waals surface area (Å²) in [5.74, 6) is 0. The standard InChI is InChI=1S/C14H21I/c1-2-3-4-5-6-7-9-13-10-8-11-14(15)12-13/h8,10-12H,2-7,9H2,1H3. The fourth-order valence-corrected chi connectivity index (χ4v) is 2.41. The van der Waals surface area contributed by atoms with Crippen LogP contribution in [-0.4, -0.2) is 0 Å².